The van der Waals surface area contributed by atoms with Crippen LogP contribution in [0.1, 0.15) is 18.0 Å². The number of hydrogen-bond acceptors (Lipinski definition) is 5. The molecule has 0 aromatic carbocycles. The van der Waals surface area contributed by atoms with E-state index in [1.807, 2.05) is 6.20 Å². The highest BCUT2D eigenvalue weighted by Gasteiger charge is 2.21. The maximum Gasteiger partial charge on any atom is 0.232 e. The summed E-state index contributed by atoms with van der Waals surface area (Å²) in [7, 11) is 3.76. The van der Waals surface area contributed by atoms with Gasteiger partial charge in [-0.1, -0.05) is 0 Å². The van der Waals surface area contributed by atoms with Crippen molar-refractivity contribution in [1.82, 2.24) is 25.2 Å². The number of fused-ring (bicyclic) bond motifs is 1. The topological polar surface area (TPSA) is 66.1 Å². The highest BCUT2D eigenvalue weighted by molar-refractivity contribution is 5.76. The molecule has 1 saturated heterocycles. The zero-order valence-corrected chi connectivity index (χ0v) is 11.3. The number of H-pyrrole nitrogens is 1. The van der Waals surface area contributed by atoms with Crippen molar-refractivity contribution in [2.45, 2.75) is 12.5 Å². The van der Waals surface area contributed by atoms with Crippen molar-refractivity contribution < 1.29 is 4.74 Å². The normalized spacial score (nSPS) is 21.5. The summed E-state index contributed by atoms with van der Waals surface area (Å²) in [5.74, 6) is 0.551. The van der Waals surface area contributed by atoms with E-state index in [-0.39, 0.29) is 6.04 Å². The summed E-state index contributed by atoms with van der Waals surface area (Å²) in [6.45, 7) is 3.13. The van der Waals surface area contributed by atoms with Gasteiger partial charge in [0.15, 0.2) is 5.65 Å². The van der Waals surface area contributed by atoms with Crippen LogP contribution in [-0.4, -0.2) is 53.6 Å². The van der Waals surface area contributed by atoms with E-state index in [0.29, 0.717) is 5.88 Å². The van der Waals surface area contributed by atoms with Gasteiger partial charge in [0.05, 0.1) is 13.3 Å². The number of ether oxygens (including phenoxy) is 1. The lowest BCUT2D eigenvalue weighted by molar-refractivity contribution is 0.327. The Labute approximate surface area is 112 Å². The summed E-state index contributed by atoms with van der Waals surface area (Å²) >= 11 is 0. The molecule has 1 aliphatic rings. The number of aromatic amines is 1. The van der Waals surface area contributed by atoms with E-state index < -0.39 is 0 Å². The van der Waals surface area contributed by atoms with Crippen LogP contribution in [0.25, 0.3) is 11.2 Å². The third-order valence-electron chi connectivity index (χ3n) is 3.57. The first-order chi connectivity index (χ1) is 9.28. The number of hydrogen-bond donors (Lipinski definition) is 2. The van der Waals surface area contributed by atoms with Crippen molar-refractivity contribution in [2.75, 3.05) is 33.8 Å². The molecule has 2 aromatic rings. The van der Waals surface area contributed by atoms with Crippen LogP contribution in [0.15, 0.2) is 12.4 Å². The fourth-order valence-corrected chi connectivity index (χ4v) is 2.56. The Morgan fingerprint density at radius 3 is 3.21 bits per heavy atom. The Bertz CT molecular complexity index is 567. The van der Waals surface area contributed by atoms with Crippen LogP contribution >= 0.6 is 0 Å². The molecule has 3 rings (SSSR count). The Hall–Kier alpha value is -1.66. The van der Waals surface area contributed by atoms with Gasteiger partial charge in [-0.2, -0.15) is 0 Å². The van der Waals surface area contributed by atoms with Gasteiger partial charge in [0.25, 0.3) is 0 Å². The van der Waals surface area contributed by atoms with Gasteiger partial charge in [-0.15, -0.1) is 0 Å². The lowest BCUT2D eigenvalue weighted by atomic mass is 10.1. The van der Waals surface area contributed by atoms with Gasteiger partial charge in [-0.05, 0) is 26.6 Å². The van der Waals surface area contributed by atoms with Crippen LogP contribution in [0.5, 0.6) is 5.88 Å². The fraction of sp³-hybridized carbons (Fsp3) is 0.538. The average molecular weight is 261 g/mol. The molecule has 1 fully saturated rings. The predicted octanol–water partition coefficient (Wildman–Crippen LogP) is 0.933. The van der Waals surface area contributed by atoms with E-state index in [0.717, 1.165) is 36.4 Å². The first kappa shape index (κ1) is 12.4. The first-order valence-corrected chi connectivity index (χ1v) is 6.58. The summed E-state index contributed by atoms with van der Waals surface area (Å²) in [6, 6.07) is 0.280. The largest absolute Gasteiger partial charge is 0.480 e. The van der Waals surface area contributed by atoms with Crippen LogP contribution in [0.2, 0.25) is 0 Å². The molecule has 1 aliphatic heterocycles. The van der Waals surface area contributed by atoms with E-state index in [4.69, 9.17) is 4.74 Å². The summed E-state index contributed by atoms with van der Waals surface area (Å²) in [5, 5.41) is 3.57. The summed E-state index contributed by atoms with van der Waals surface area (Å²) in [6.07, 6.45) is 4.81. The molecule has 0 radical (unpaired) electrons. The second kappa shape index (κ2) is 5.14. The van der Waals surface area contributed by atoms with E-state index in [2.05, 4.69) is 32.2 Å². The number of nitrogens with one attached hydrogen (secondary N) is 2. The number of likely N-dealkylation sites (N-methyl/N-ethyl adjacent to an activating group) is 1. The molecule has 0 aliphatic carbocycles. The number of nitrogens with zero attached hydrogens (tertiary/aromatic N) is 3. The zero-order chi connectivity index (χ0) is 13.2. The number of aromatic nitrogens is 3. The molecule has 1 atom stereocenters. The maximum atomic E-state index is 5.16. The van der Waals surface area contributed by atoms with E-state index in [9.17, 15) is 0 Å². The molecule has 2 aromatic heterocycles. The molecule has 1 unspecified atom stereocenters. The predicted molar refractivity (Wildman–Crippen MR) is 73.3 cm³/mol. The van der Waals surface area contributed by atoms with Crippen LogP contribution in [-0.2, 0) is 0 Å². The molecule has 6 heteroatoms. The van der Waals surface area contributed by atoms with Crippen LogP contribution in [0, 0.1) is 0 Å². The van der Waals surface area contributed by atoms with Crippen molar-refractivity contribution in [1.29, 1.82) is 0 Å². The summed E-state index contributed by atoms with van der Waals surface area (Å²) in [5.41, 5.74) is 2.87. The van der Waals surface area contributed by atoms with Gasteiger partial charge in [-0.3, -0.25) is 0 Å². The monoisotopic (exact) mass is 261 g/mol. The average Bonchev–Trinajstić information content (AvgIpc) is 2.73. The maximum absolute atomic E-state index is 5.16. The first-order valence-electron chi connectivity index (χ1n) is 6.58. The van der Waals surface area contributed by atoms with E-state index >= 15 is 0 Å². The van der Waals surface area contributed by atoms with Crippen LogP contribution in [0.3, 0.4) is 0 Å². The van der Waals surface area contributed by atoms with Crippen molar-refractivity contribution in [2.24, 2.45) is 0 Å². The van der Waals surface area contributed by atoms with Crippen LogP contribution in [0.4, 0.5) is 0 Å². The molecule has 0 amide bonds. The Morgan fingerprint density at radius 1 is 1.47 bits per heavy atom. The Morgan fingerprint density at radius 2 is 2.37 bits per heavy atom. The molecular weight excluding hydrogens is 242 g/mol. The SMILES string of the molecule is COc1cnc2[nH]cc(C3CN(C)CCCN3)c2n1. The third-order valence-corrected chi connectivity index (χ3v) is 3.57. The quantitative estimate of drug-likeness (QED) is 0.842. The van der Waals surface area contributed by atoms with Gasteiger partial charge >= 0.3 is 0 Å². The highest BCUT2D eigenvalue weighted by atomic mass is 16.5. The third kappa shape index (κ3) is 2.41. The molecule has 0 bridgehead atoms. The number of methoxy groups -OCH3 is 1. The van der Waals surface area contributed by atoms with Crippen LogP contribution < -0.4 is 10.1 Å². The van der Waals surface area contributed by atoms with E-state index in [1.165, 1.54) is 6.42 Å². The minimum atomic E-state index is 0.280. The molecule has 0 spiro atoms. The Balaban J connectivity index is 1.98. The second-order valence-corrected chi connectivity index (χ2v) is 4.98. The highest BCUT2D eigenvalue weighted by Crippen LogP contribution is 2.24. The second-order valence-electron chi connectivity index (χ2n) is 4.98. The molecule has 2 N–H and O–H groups in total. The van der Waals surface area contributed by atoms with E-state index in [1.54, 1.807) is 13.3 Å². The zero-order valence-electron chi connectivity index (χ0n) is 11.3. The van der Waals surface area contributed by atoms with Crippen molar-refractivity contribution in [3.8, 4) is 5.88 Å². The van der Waals surface area contributed by atoms with Gasteiger partial charge in [0.2, 0.25) is 5.88 Å². The molecule has 19 heavy (non-hydrogen) atoms. The smallest absolute Gasteiger partial charge is 0.232 e. The van der Waals surface area contributed by atoms with Crippen molar-refractivity contribution >= 4 is 11.2 Å². The minimum Gasteiger partial charge on any atom is -0.480 e. The van der Waals surface area contributed by atoms with Gasteiger partial charge in [0, 0.05) is 24.3 Å². The Kier molecular flexibility index (Phi) is 3.35. The summed E-state index contributed by atoms with van der Waals surface area (Å²) < 4.78 is 5.16. The fourth-order valence-electron chi connectivity index (χ4n) is 2.56. The molecule has 6 nitrogen and oxygen atoms in total. The van der Waals surface area contributed by atoms with Gasteiger partial charge in [-0.25, -0.2) is 9.97 Å². The summed E-state index contributed by atoms with van der Waals surface area (Å²) in [4.78, 5) is 14.4. The number of rotatable bonds is 2. The van der Waals surface area contributed by atoms with Gasteiger partial charge in [0.1, 0.15) is 5.52 Å². The lowest BCUT2D eigenvalue weighted by Gasteiger charge is -2.19. The van der Waals surface area contributed by atoms with Crippen molar-refractivity contribution in [3.05, 3.63) is 18.0 Å². The minimum absolute atomic E-state index is 0.280. The van der Waals surface area contributed by atoms with Crippen molar-refractivity contribution in [3.63, 3.8) is 0 Å². The van der Waals surface area contributed by atoms with Gasteiger partial charge < -0.3 is 19.9 Å². The molecular formula is C13H19N5O. The standard InChI is InChI=1S/C13H19N5O/c1-18-5-3-4-14-10(8-18)9-6-15-13-12(9)17-11(19-2)7-16-13/h6-7,10,14H,3-5,8H2,1-2H3,(H,15,16). The molecule has 102 valence electrons. The lowest BCUT2D eigenvalue weighted by Crippen LogP contribution is -2.28. The molecule has 3 heterocycles. The molecule has 0 saturated carbocycles.